The summed E-state index contributed by atoms with van der Waals surface area (Å²) in [6.45, 7) is -0.871. The second kappa shape index (κ2) is 5.79. The Labute approximate surface area is 105 Å². The van der Waals surface area contributed by atoms with E-state index in [0.29, 0.717) is 0 Å². The second-order valence-corrected chi connectivity index (χ2v) is 5.29. The van der Waals surface area contributed by atoms with Crippen LogP contribution in [0.5, 0.6) is 0 Å². The number of aliphatic hydroxyl groups is 2. The van der Waals surface area contributed by atoms with E-state index in [-0.39, 0.29) is 22.7 Å². The van der Waals surface area contributed by atoms with Crippen molar-refractivity contribution in [1.82, 2.24) is 4.72 Å². The van der Waals surface area contributed by atoms with Crippen molar-refractivity contribution >= 4 is 15.7 Å². The van der Waals surface area contributed by atoms with Crippen LogP contribution in [-0.2, 0) is 10.0 Å². The lowest BCUT2D eigenvalue weighted by Gasteiger charge is -2.11. The van der Waals surface area contributed by atoms with E-state index >= 15 is 0 Å². The highest BCUT2D eigenvalue weighted by Gasteiger charge is 2.18. The average Bonchev–Trinajstić information content (AvgIpc) is 2.35. The Bertz CT molecular complexity index is 565. The topological polar surface area (TPSA) is 136 Å². The van der Waals surface area contributed by atoms with Gasteiger partial charge in [0.2, 0.25) is 10.0 Å². The van der Waals surface area contributed by atoms with E-state index < -0.39 is 22.7 Å². The molecular weight excluding hydrogens is 258 g/mol. The zero-order chi connectivity index (χ0) is 13.8. The molecule has 0 fully saturated rings. The molecule has 7 nitrogen and oxygen atoms in total. The minimum Gasteiger partial charge on any atom is -0.398 e. The molecule has 0 aliphatic carbocycles. The summed E-state index contributed by atoms with van der Waals surface area (Å²) >= 11 is 0. The van der Waals surface area contributed by atoms with E-state index in [2.05, 4.69) is 4.72 Å². The van der Waals surface area contributed by atoms with E-state index in [1.807, 2.05) is 6.07 Å². The van der Waals surface area contributed by atoms with E-state index in [1.165, 1.54) is 18.2 Å². The average molecular weight is 271 g/mol. The van der Waals surface area contributed by atoms with Crippen LogP contribution in [0.15, 0.2) is 23.1 Å². The Kier molecular flexibility index (Phi) is 4.63. The molecule has 8 heteroatoms. The fourth-order valence-corrected chi connectivity index (χ4v) is 2.39. The van der Waals surface area contributed by atoms with Crippen molar-refractivity contribution in [3.63, 3.8) is 0 Å². The Balaban J connectivity index is 2.96. The van der Waals surface area contributed by atoms with Gasteiger partial charge >= 0.3 is 0 Å². The first-order chi connectivity index (χ1) is 8.40. The molecule has 1 aromatic rings. The molecule has 0 radical (unpaired) electrons. The largest absolute Gasteiger partial charge is 0.398 e. The van der Waals surface area contributed by atoms with Gasteiger partial charge in [0.05, 0.1) is 30.0 Å². The van der Waals surface area contributed by atoms with Gasteiger partial charge in [0.15, 0.2) is 0 Å². The summed E-state index contributed by atoms with van der Waals surface area (Å²) in [7, 11) is -3.88. The van der Waals surface area contributed by atoms with Gasteiger partial charge in [0.25, 0.3) is 0 Å². The first-order valence-electron chi connectivity index (χ1n) is 4.99. The molecule has 0 aliphatic rings. The highest BCUT2D eigenvalue weighted by Crippen LogP contribution is 2.19. The van der Waals surface area contributed by atoms with Crippen LogP contribution in [0.1, 0.15) is 5.56 Å². The van der Waals surface area contributed by atoms with E-state index in [4.69, 9.17) is 21.2 Å². The molecule has 0 amide bonds. The van der Waals surface area contributed by atoms with Gasteiger partial charge in [0, 0.05) is 6.54 Å². The molecule has 5 N–H and O–H groups in total. The van der Waals surface area contributed by atoms with Crippen LogP contribution in [-0.4, -0.2) is 37.9 Å². The lowest BCUT2D eigenvalue weighted by Crippen LogP contribution is -2.34. The summed E-state index contributed by atoms with van der Waals surface area (Å²) in [6.07, 6.45) is -1.18. The number of benzene rings is 1. The molecule has 0 aromatic heterocycles. The number of rotatable bonds is 5. The molecule has 0 saturated heterocycles. The number of aliphatic hydroxyl groups excluding tert-OH is 2. The van der Waals surface area contributed by atoms with Gasteiger partial charge < -0.3 is 15.9 Å². The maximum atomic E-state index is 11.8. The molecule has 1 atom stereocenters. The Morgan fingerprint density at radius 1 is 1.50 bits per heavy atom. The Morgan fingerprint density at radius 2 is 2.17 bits per heavy atom. The number of sulfonamides is 1. The third kappa shape index (κ3) is 3.41. The zero-order valence-corrected chi connectivity index (χ0v) is 10.2. The summed E-state index contributed by atoms with van der Waals surface area (Å²) in [5.41, 5.74) is 5.74. The number of nitrogens with zero attached hydrogens (tertiary/aromatic N) is 1. The van der Waals surface area contributed by atoms with Gasteiger partial charge in [0.1, 0.15) is 4.90 Å². The molecule has 0 heterocycles. The van der Waals surface area contributed by atoms with Crippen molar-refractivity contribution in [3.05, 3.63) is 23.8 Å². The predicted molar refractivity (Wildman–Crippen MR) is 63.9 cm³/mol. The second-order valence-electron chi connectivity index (χ2n) is 3.55. The predicted octanol–water partition coefficient (Wildman–Crippen LogP) is -1.23. The molecule has 1 unspecified atom stereocenters. The Hall–Kier alpha value is -1.66. The number of nitrogens with two attached hydrogens (primary N) is 1. The monoisotopic (exact) mass is 271 g/mol. The molecule has 0 bridgehead atoms. The van der Waals surface area contributed by atoms with E-state index in [9.17, 15) is 8.42 Å². The SMILES string of the molecule is N#Cc1ccc(S(=O)(=O)NCC(O)CO)c(N)c1. The summed E-state index contributed by atoms with van der Waals surface area (Å²) in [4.78, 5) is -0.174. The summed E-state index contributed by atoms with van der Waals surface area (Å²) in [5, 5.41) is 26.3. The van der Waals surface area contributed by atoms with Crippen LogP contribution in [0.3, 0.4) is 0 Å². The fourth-order valence-electron chi connectivity index (χ4n) is 1.21. The van der Waals surface area contributed by atoms with E-state index in [0.717, 1.165) is 0 Å². The number of hydrogen-bond donors (Lipinski definition) is 4. The van der Waals surface area contributed by atoms with Crippen LogP contribution < -0.4 is 10.5 Å². The van der Waals surface area contributed by atoms with Crippen LogP contribution in [0.4, 0.5) is 5.69 Å². The van der Waals surface area contributed by atoms with Gasteiger partial charge in [-0.15, -0.1) is 0 Å². The zero-order valence-electron chi connectivity index (χ0n) is 9.37. The molecular formula is C10H13N3O4S. The van der Waals surface area contributed by atoms with Crippen LogP contribution >= 0.6 is 0 Å². The van der Waals surface area contributed by atoms with Crippen LogP contribution in [0.25, 0.3) is 0 Å². The van der Waals surface area contributed by atoms with Gasteiger partial charge in [-0.2, -0.15) is 5.26 Å². The summed E-state index contributed by atoms with van der Waals surface area (Å²) < 4.78 is 25.7. The van der Waals surface area contributed by atoms with Crippen molar-refractivity contribution in [2.24, 2.45) is 0 Å². The Morgan fingerprint density at radius 3 is 2.67 bits per heavy atom. The van der Waals surface area contributed by atoms with Crippen LogP contribution in [0.2, 0.25) is 0 Å². The number of nitrogens with one attached hydrogen (secondary N) is 1. The third-order valence-corrected chi connectivity index (χ3v) is 3.65. The maximum Gasteiger partial charge on any atom is 0.242 e. The molecule has 98 valence electrons. The van der Waals surface area contributed by atoms with E-state index in [1.54, 1.807) is 0 Å². The highest BCUT2D eigenvalue weighted by molar-refractivity contribution is 7.89. The lowest BCUT2D eigenvalue weighted by atomic mass is 10.2. The van der Waals surface area contributed by atoms with Crippen LogP contribution in [0, 0.1) is 11.3 Å². The van der Waals surface area contributed by atoms with Gasteiger partial charge in [-0.1, -0.05) is 0 Å². The van der Waals surface area contributed by atoms with Crippen molar-refractivity contribution in [2.45, 2.75) is 11.0 Å². The third-order valence-electron chi connectivity index (χ3n) is 2.15. The van der Waals surface area contributed by atoms with Crippen molar-refractivity contribution in [3.8, 4) is 6.07 Å². The van der Waals surface area contributed by atoms with Gasteiger partial charge in [-0.25, -0.2) is 13.1 Å². The van der Waals surface area contributed by atoms with Crippen molar-refractivity contribution in [1.29, 1.82) is 5.26 Å². The molecule has 18 heavy (non-hydrogen) atoms. The quantitative estimate of drug-likeness (QED) is 0.495. The molecule has 1 rings (SSSR count). The summed E-state index contributed by atoms with van der Waals surface area (Å²) in [5.74, 6) is 0. The van der Waals surface area contributed by atoms with Crippen molar-refractivity contribution < 1.29 is 18.6 Å². The molecule has 0 saturated carbocycles. The number of nitrogen functional groups attached to an aromatic ring is 1. The van der Waals surface area contributed by atoms with Gasteiger partial charge in [-0.05, 0) is 18.2 Å². The number of hydrogen-bond acceptors (Lipinski definition) is 6. The first kappa shape index (κ1) is 14.4. The van der Waals surface area contributed by atoms with Crippen molar-refractivity contribution in [2.75, 3.05) is 18.9 Å². The highest BCUT2D eigenvalue weighted by atomic mass is 32.2. The lowest BCUT2D eigenvalue weighted by molar-refractivity contribution is 0.0988. The number of anilines is 1. The number of nitriles is 1. The normalized spacial score (nSPS) is 12.9. The minimum atomic E-state index is -3.88. The minimum absolute atomic E-state index is 0.0555. The first-order valence-corrected chi connectivity index (χ1v) is 6.47. The smallest absolute Gasteiger partial charge is 0.242 e. The standard InChI is InChI=1S/C10H13N3O4S/c11-4-7-1-2-10(9(12)3-7)18(16,17)13-5-8(15)6-14/h1-3,8,13-15H,5-6,12H2. The fraction of sp³-hybridized carbons (Fsp3) is 0.300. The van der Waals surface area contributed by atoms with Gasteiger partial charge in [-0.3, -0.25) is 0 Å². The maximum absolute atomic E-state index is 11.8. The molecule has 0 aliphatic heterocycles. The summed E-state index contributed by atoms with van der Waals surface area (Å²) in [6, 6.07) is 5.62. The molecule has 1 aromatic carbocycles. The molecule has 0 spiro atoms.